The normalized spacial score (nSPS) is 10.5. The van der Waals surface area contributed by atoms with Crippen molar-refractivity contribution in [3.05, 3.63) is 48.8 Å². The molecule has 2 N–H and O–H groups in total. The molecule has 106 valence electrons. The quantitative estimate of drug-likeness (QED) is 0.747. The topological polar surface area (TPSA) is 62.7 Å². The third-order valence-corrected chi connectivity index (χ3v) is 3.08. The lowest BCUT2D eigenvalue weighted by molar-refractivity contribution is 0.953. The Hall–Kier alpha value is -2.69. The second-order valence-electron chi connectivity index (χ2n) is 4.70. The van der Waals surface area contributed by atoms with Gasteiger partial charge in [-0.3, -0.25) is 4.98 Å². The number of pyridine rings is 1. The van der Waals surface area contributed by atoms with Crippen LogP contribution in [0.25, 0.3) is 10.9 Å². The molecule has 5 nitrogen and oxygen atoms in total. The molecule has 2 heterocycles. The molecule has 2 aromatic heterocycles. The van der Waals surface area contributed by atoms with E-state index in [-0.39, 0.29) is 0 Å². The molecule has 0 unspecified atom stereocenters. The van der Waals surface area contributed by atoms with Crippen molar-refractivity contribution in [2.45, 2.75) is 13.3 Å². The first-order valence-electron chi connectivity index (χ1n) is 7.04. The van der Waals surface area contributed by atoms with Crippen LogP contribution >= 0.6 is 0 Å². The van der Waals surface area contributed by atoms with E-state index >= 15 is 0 Å². The standard InChI is InChI=1S/C16H17N5/c1-2-9-18-16-19-11-8-14(21-16)20-13-7-3-5-12-6-4-10-17-15(12)13/h3-8,10-11H,2,9H2,1H3,(H2,18,19,20,21). The Morgan fingerprint density at radius 2 is 1.90 bits per heavy atom. The van der Waals surface area contributed by atoms with Gasteiger partial charge >= 0.3 is 0 Å². The molecule has 0 fully saturated rings. The lowest BCUT2D eigenvalue weighted by Crippen LogP contribution is -2.05. The Morgan fingerprint density at radius 1 is 1.00 bits per heavy atom. The number of para-hydroxylation sites is 1. The van der Waals surface area contributed by atoms with Gasteiger partial charge in [0.1, 0.15) is 5.82 Å². The first-order valence-corrected chi connectivity index (χ1v) is 7.04. The van der Waals surface area contributed by atoms with E-state index in [0.29, 0.717) is 5.95 Å². The Kier molecular flexibility index (Phi) is 3.91. The van der Waals surface area contributed by atoms with Crippen molar-refractivity contribution in [3.8, 4) is 0 Å². The van der Waals surface area contributed by atoms with Crippen LogP contribution in [0.3, 0.4) is 0 Å². The zero-order valence-electron chi connectivity index (χ0n) is 11.9. The van der Waals surface area contributed by atoms with Gasteiger partial charge in [-0.2, -0.15) is 4.98 Å². The summed E-state index contributed by atoms with van der Waals surface area (Å²) in [4.78, 5) is 13.1. The number of anilines is 3. The van der Waals surface area contributed by atoms with Crippen molar-refractivity contribution in [2.24, 2.45) is 0 Å². The van der Waals surface area contributed by atoms with Crippen LogP contribution in [0.5, 0.6) is 0 Å². The molecule has 5 heteroatoms. The van der Waals surface area contributed by atoms with Gasteiger partial charge in [0, 0.05) is 24.3 Å². The first-order chi connectivity index (χ1) is 10.4. The highest BCUT2D eigenvalue weighted by Crippen LogP contribution is 2.23. The fourth-order valence-electron chi connectivity index (χ4n) is 2.09. The number of benzene rings is 1. The Balaban J connectivity index is 1.88. The fourth-order valence-corrected chi connectivity index (χ4v) is 2.09. The van der Waals surface area contributed by atoms with Crippen molar-refractivity contribution in [3.63, 3.8) is 0 Å². The third-order valence-electron chi connectivity index (χ3n) is 3.08. The average molecular weight is 279 g/mol. The van der Waals surface area contributed by atoms with E-state index in [1.807, 2.05) is 36.4 Å². The van der Waals surface area contributed by atoms with Gasteiger partial charge in [-0.15, -0.1) is 0 Å². The maximum Gasteiger partial charge on any atom is 0.224 e. The molecule has 0 spiro atoms. The molecule has 3 aromatic rings. The minimum absolute atomic E-state index is 0.634. The van der Waals surface area contributed by atoms with Crippen LogP contribution in [0.4, 0.5) is 17.5 Å². The number of fused-ring (bicyclic) bond motifs is 1. The maximum absolute atomic E-state index is 4.45. The predicted molar refractivity (Wildman–Crippen MR) is 85.8 cm³/mol. The van der Waals surface area contributed by atoms with Crippen LogP contribution in [0, 0.1) is 0 Å². The van der Waals surface area contributed by atoms with Gasteiger partial charge < -0.3 is 10.6 Å². The Labute approximate surface area is 123 Å². The molecule has 0 atom stereocenters. The number of rotatable bonds is 5. The highest BCUT2D eigenvalue weighted by atomic mass is 15.1. The van der Waals surface area contributed by atoms with Crippen LogP contribution in [0.2, 0.25) is 0 Å². The first kappa shape index (κ1) is 13.3. The molecule has 0 bridgehead atoms. The van der Waals surface area contributed by atoms with Gasteiger partial charge in [0.2, 0.25) is 5.95 Å². The average Bonchev–Trinajstić information content (AvgIpc) is 2.54. The molecule has 0 saturated carbocycles. The van der Waals surface area contributed by atoms with Gasteiger partial charge in [-0.25, -0.2) is 4.98 Å². The van der Waals surface area contributed by atoms with Gasteiger partial charge in [0.25, 0.3) is 0 Å². The van der Waals surface area contributed by atoms with E-state index < -0.39 is 0 Å². The number of hydrogen-bond acceptors (Lipinski definition) is 5. The summed E-state index contributed by atoms with van der Waals surface area (Å²) >= 11 is 0. The number of hydrogen-bond donors (Lipinski definition) is 2. The van der Waals surface area contributed by atoms with Gasteiger partial charge in [-0.05, 0) is 24.6 Å². The highest BCUT2D eigenvalue weighted by Gasteiger charge is 2.04. The molecule has 0 amide bonds. The predicted octanol–water partition coefficient (Wildman–Crippen LogP) is 3.59. The molecule has 0 aliphatic heterocycles. The SMILES string of the molecule is CCCNc1nccc(Nc2cccc3cccnc23)n1. The molecule has 0 aliphatic carbocycles. The van der Waals surface area contributed by atoms with Crippen LogP contribution in [-0.2, 0) is 0 Å². The van der Waals surface area contributed by atoms with E-state index in [2.05, 4.69) is 32.5 Å². The zero-order valence-corrected chi connectivity index (χ0v) is 11.9. The Morgan fingerprint density at radius 3 is 2.81 bits per heavy atom. The van der Waals surface area contributed by atoms with E-state index in [0.717, 1.165) is 35.4 Å². The minimum atomic E-state index is 0.634. The molecule has 21 heavy (non-hydrogen) atoms. The molecular formula is C16H17N5. The van der Waals surface area contributed by atoms with Crippen molar-refractivity contribution >= 4 is 28.4 Å². The Bertz CT molecular complexity index is 736. The maximum atomic E-state index is 4.45. The summed E-state index contributed by atoms with van der Waals surface area (Å²) in [6, 6.07) is 11.9. The second-order valence-corrected chi connectivity index (χ2v) is 4.70. The van der Waals surface area contributed by atoms with Gasteiger partial charge in [0.15, 0.2) is 0 Å². The number of nitrogens with zero attached hydrogens (tertiary/aromatic N) is 3. The van der Waals surface area contributed by atoms with Gasteiger partial charge in [-0.1, -0.05) is 25.1 Å². The fraction of sp³-hybridized carbons (Fsp3) is 0.188. The second kappa shape index (κ2) is 6.17. The van der Waals surface area contributed by atoms with E-state index in [4.69, 9.17) is 0 Å². The summed E-state index contributed by atoms with van der Waals surface area (Å²) in [6.07, 6.45) is 4.57. The summed E-state index contributed by atoms with van der Waals surface area (Å²) in [5.74, 6) is 1.39. The lowest BCUT2D eigenvalue weighted by Gasteiger charge is -2.09. The van der Waals surface area contributed by atoms with Crippen LogP contribution in [0.15, 0.2) is 48.8 Å². The highest BCUT2D eigenvalue weighted by molar-refractivity contribution is 5.91. The molecule has 1 aromatic carbocycles. The summed E-state index contributed by atoms with van der Waals surface area (Å²) in [5.41, 5.74) is 1.87. The van der Waals surface area contributed by atoms with E-state index in [9.17, 15) is 0 Å². The van der Waals surface area contributed by atoms with E-state index in [1.54, 1.807) is 12.4 Å². The largest absolute Gasteiger partial charge is 0.354 e. The van der Waals surface area contributed by atoms with Crippen molar-refractivity contribution in [2.75, 3.05) is 17.2 Å². The summed E-state index contributed by atoms with van der Waals surface area (Å²) < 4.78 is 0. The van der Waals surface area contributed by atoms with Crippen molar-refractivity contribution in [1.29, 1.82) is 0 Å². The minimum Gasteiger partial charge on any atom is -0.354 e. The number of nitrogens with one attached hydrogen (secondary N) is 2. The molecule has 0 aliphatic rings. The van der Waals surface area contributed by atoms with Crippen molar-refractivity contribution in [1.82, 2.24) is 15.0 Å². The zero-order chi connectivity index (χ0) is 14.5. The molecule has 3 rings (SSSR count). The van der Waals surface area contributed by atoms with Crippen molar-refractivity contribution < 1.29 is 0 Å². The molecule has 0 saturated heterocycles. The molecule has 0 radical (unpaired) electrons. The van der Waals surface area contributed by atoms with Crippen LogP contribution in [0.1, 0.15) is 13.3 Å². The van der Waals surface area contributed by atoms with Crippen LogP contribution < -0.4 is 10.6 Å². The van der Waals surface area contributed by atoms with Crippen LogP contribution in [-0.4, -0.2) is 21.5 Å². The van der Waals surface area contributed by atoms with Gasteiger partial charge in [0.05, 0.1) is 11.2 Å². The summed E-state index contributed by atoms with van der Waals surface area (Å²) in [6.45, 7) is 2.97. The molecular weight excluding hydrogens is 262 g/mol. The summed E-state index contributed by atoms with van der Waals surface area (Å²) in [7, 11) is 0. The van der Waals surface area contributed by atoms with E-state index in [1.165, 1.54) is 0 Å². The smallest absolute Gasteiger partial charge is 0.224 e. The third kappa shape index (κ3) is 3.08. The lowest BCUT2D eigenvalue weighted by atomic mass is 10.2. The number of aromatic nitrogens is 3. The monoisotopic (exact) mass is 279 g/mol. The summed E-state index contributed by atoms with van der Waals surface area (Å²) in [5, 5.41) is 7.59.